The van der Waals surface area contributed by atoms with Crippen LogP contribution in [0.4, 0.5) is 11.4 Å². The molecule has 0 aliphatic rings. The summed E-state index contributed by atoms with van der Waals surface area (Å²) in [4.78, 5) is 22.0. The van der Waals surface area contributed by atoms with Crippen LogP contribution in [0.25, 0.3) is 0 Å². The third-order valence-corrected chi connectivity index (χ3v) is 4.26. The average molecular weight is 353 g/mol. The lowest BCUT2D eigenvalue weighted by atomic mass is 10.2. The molecular formula is C15H13ClN2O4S. The molecule has 0 bridgehead atoms. The van der Waals surface area contributed by atoms with Gasteiger partial charge in [0.25, 0.3) is 5.69 Å². The topological polar surface area (TPSA) is 92.5 Å². The highest BCUT2D eigenvalue weighted by molar-refractivity contribution is 7.99. The van der Waals surface area contributed by atoms with Crippen LogP contribution in [0.3, 0.4) is 0 Å². The molecule has 0 fully saturated rings. The molecular weight excluding hydrogens is 340 g/mol. The van der Waals surface area contributed by atoms with Crippen molar-refractivity contribution in [3.8, 4) is 5.75 Å². The highest BCUT2D eigenvalue weighted by Gasteiger charge is 2.12. The van der Waals surface area contributed by atoms with Crippen molar-refractivity contribution in [1.29, 1.82) is 0 Å². The summed E-state index contributed by atoms with van der Waals surface area (Å²) >= 11 is 7.38. The van der Waals surface area contributed by atoms with Crippen LogP contribution in [0.2, 0.25) is 5.02 Å². The van der Waals surface area contributed by atoms with E-state index in [-0.39, 0.29) is 28.8 Å². The van der Waals surface area contributed by atoms with E-state index in [1.807, 2.05) is 18.2 Å². The summed E-state index contributed by atoms with van der Waals surface area (Å²) in [6, 6.07) is 10.8. The first-order valence-electron chi connectivity index (χ1n) is 6.56. The molecule has 2 rings (SSSR count). The van der Waals surface area contributed by atoms with E-state index in [1.54, 1.807) is 6.07 Å². The number of carbonyl (C=O) groups is 1. The molecule has 2 aromatic carbocycles. The molecule has 0 spiro atoms. The number of halogens is 1. The quantitative estimate of drug-likeness (QED) is 0.468. The van der Waals surface area contributed by atoms with Gasteiger partial charge in [-0.1, -0.05) is 29.8 Å². The second-order valence-electron chi connectivity index (χ2n) is 4.59. The number of aromatic hydroxyl groups is 1. The van der Waals surface area contributed by atoms with E-state index in [9.17, 15) is 20.0 Å². The Balaban J connectivity index is 1.91. The molecule has 2 aromatic rings. The number of nitrogens with one attached hydrogen (secondary N) is 1. The Morgan fingerprint density at radius 1 is 1.30 bits per heavy atom. The SMILES string of the molecule is O=C(CSCc1ccccc1Cl)Nc1cc([N+](=O)[O-])ccc1O. The van der Waals surface area contributed by atoms with Crippen molar-refractivity contribution >= 4 is 40.6 Å². The van der Waals surface area contributed by atoms with Crippen molar-refractivity contribution in [2.24, 2.45) is 0 Å². The van der Waals surface area contributed by atoms with Gasteiger partial charge in [0.2, 0.25) is 5.91 Å². The molecule has 0 aliphatic heterocycles. The highest BCUT2D eigenvalue weighted by Crippen LogP contribution is 2.28. The molecule has 1 amide bonds. The zero-order chi connectivity index (χ0) is 16.8. The van der Waals surface area contributed by atoms with Crippen molar-refractivity contribution in [2.45, 2.75) is 5.75 Å². The number of nitro benzene ring substituents is 1. The largest absolute Gasteiger partial charge is 0.506 e. The maximum Gasteiger partial charge on any atom is 0.271 e. The molecule has 6 nitrogen and oxygen atoms in total. The van der Waals surface area contributed by atoms with Crippen LogP contribution in [0, 0.1) is 10.1 Å². The van der Waals surface area contributed by atoms with E-state index in [1.165, 1.54) is 17.8 Å². The lowest BCUT2D eigenvalue weighted by Crippen LogP contribution is -2.14. The number of amides is 1. The molecule has 0 radical (unpaired) electrons. The minimum Gasteiger partial charge on any atom is -0.506 e. The number of benzene rings is 2. The zero-order valence-corrected chi connectivity index (χ0v) is 13.4. The number of carbonyl (C=O) groups excluding carboxylic acids is 1. The normalized spacial score (nSPS) is 10.3. The molecule has 0 heterocycles. The predicted molar refractivity (Wildman–Crippen MR) is 91.0 cm³/mol. The fraction of sp³-hybridized carbons (Fsp3) is 0.133. The smallest absolute Gasteiger partial charge is 0.271 e. The molecule has 0 atom stereocenters. The van der Waals surface area contributed by atoms with Crippen LogP contribution in [0.1, 0.15) is 5.56 Å². The summed E-state index contributed by atoms with van der Waals surface area (Å²) in [5.41, 5.74) is 0.731. The lowest BCUT2D eigenvalue weighted by Gasteiger charge is -2.07. The minimum absolute atomic E-state index is 0.0162. The van der Waals surface area contributed by atoms with Gasteiger partial charge in [-0.15, -0.1) is 11.8 Å². The average Bonchev–Trinajstić information content (AvgIpc) is 2.51. The Kier molecular flexibility index (Phi) is 5.84. The Hall–Kier alpha value is -2.25. The number of rotatable bonds is 6. The molecule has 0 saturated carbocycles. The summed E-state index contributed by atoms with van der Waals surface area (Å²) in [6.07, 6.45) is 0. The first kappa shape index (κ1) is 17.1. The van der Waals surface area contributed by atoms with Crippen LogP contribution in [0.5, 0.6) is 5.75 Å². The number of hydrogen-bond donors (Lipinski definition) is 2. The van der Waals surface area contributed by atoms with Crippen molar-refractivity contribution in [3.05, 3.63) is 63.2 Å². The third-order valence-electron chi connectivity index (χ3n) is 2.91. The van der Waals surface area contributed by atoms with Gasteiger partial charge < -0.3 is 10.4 Å². The summed E-state index contributed by atoms with van der Waals surface area (Å²) in [5, 5.41) is 23.4. The van der Waals surface area contributed by atoms with Gasteiger partial charge in [0.1, 0.15) is 5.75 Å². The number of anilines is 1. The van der Waals surface area contributed by atoms with E-state index >= 15 is 0 Å². The Morgan fingerprint density at radius 3 is 2.74 bits per heavy atom. The van der Waals surface area contributed by atoms with Gasteiger partial charge in [0.05, 0.1) is 16.4 Å². The Bertz CT molecular complexity index is 739. The van der Waals surface area contributed by atoms with Crippen LogP contribution in [0.15, 0.2) is 42.5 Å². The van der Waals surface area contributed by atoms with Crippen molar-refractivity contribution in [3.63, 3.8) is 0 Å². The Morgan fingerprint density at radius 2 is 2.04 bits per heavy atom. The molecule has 2 N–H and O–H groups in total. The van der Waals surface area contributed by atoms with E-state index in [0.717, 1.165) is 17.7 Å². The maximum absolute atomic E-state index is 11.9. The van der Waals surface area contributed by atoms with Crippen LogP contribution in [-0.2, 0) is 10.5 Å². The zero-order valence-electron chi connectivity index (χ0n) is 11.9. The van der Waals surface area contributed by atoms with Gasteiger partial charge in [-0.25, -0.2) is 0 Å². The van der Waals surface area contributed by atoms with Crippen LogP contribution in [-0.4, -0.2) is 21.7 Å². The van der Waals surface area contributed by atoms with Crippen molar-refractivity contribution in [1.82, 2.24) is 0 Å². The first-order chi connectivity index (χ1) is 11.0. The molecule has 0 aliphatic carbocycles. The molecule has 8 heteroatoms. The fourth-order valence-electron chi connectivity index (χ4n) is 1.79. The number of phenols is 1. The van der Waals surface area contributed by atoms with Crippen molar-refractivity contribution in [2.75, 3.05) is 11.1 Å². The number of non-ortho nitro benzene ring substituents is 1. The van der Waals surface area contributed by atoms with E-state index in [0.29, 0.717) is 10.8 Å². The van der Waals surface area contributed by atoms with Gasteiger partial charge in [-0.3, -0.25) is 14.9 Å². The minimum atomic E-state index is -0.596. The Labute approximate surface area is 141 Å². The van der Waals surface area contributed by atoms with E-state index in [4.69, 9.17) is 11.6 Å². The van der Waals surface area contributed by atoms with Gasteiger partial charge in [-0.2, -0.15) is 0 Å². The molecule has 0 saturated heterocycles. The molecule has 0 unspecified atom stereocenters. The number of hydrogen-bond acceptors (Lipinski definition) is 5. The second-order valence-corrected chi connectivity index (χ2v) is 5.98. The summed E-state index contributed by atoms with van der Waals surface area (Å²) in [5.74, 6) is 0.111. The van der Waals surface area contributed by atoms with Gasteiger partial charge in [0, 0.05) is 22.9 Å². The fourth-order valence-corrected chi connectivity index (χ4v) is 2.91. The summed E-state index contributed by atoms with van der Waals surface area (Å²) in [6.45, 7) is 0. The second kappa shape index (κ2) is 7.85. The number of nitrogens with zero attached hydrogens (tertiary/aromatic N) is 1. The number of nitro groups is 1. The monoisotopic (exact) mass is 352 g/mol. The molecule has 23 heavy (non-hydrogen) atoms. The van der Waals surface area contributed by atoms with Gasteiger partial charge in [-0.05, 0) is 17.7 Å². The number of thioether (sulfide) groups is 1. The highest BCUT2D eigenvalue weighted by atomic mass is 35.5. The third kappa shape index (κ3) is 4.87. The summed E-state index contributed by atoms with van der Waals surface area (Å²) < 4.78 is 0. The molecule has 120 valence electrons. The van der Waals surface area contributed by atoms with Gasteiger partial charge in [0.15, 0.2) is 0 Å². The number of phenolic OH excluding ortho intramolecular Hbond substituents is 1. The predicted octanol–water partition coefficient (Wildman–Crippen LogP) is 3.83. The van der Waals surface area contributed by atoms with E-state index < -0.39 is 4.92 Å². The van der Waals surface area contributed by atoms with Gasteiger partial charge >= 0.3 is 0 Å². The van der Waals surface area contributed by atoms with Crippen molar-refractivity contribution < 1.29 is 14.8 Å². The van der Waals surface area contributed by atoms with Crippen LogP contribution < -0.4 is 5.32 Å². The van der Waals surface area contributed by atoms with E-state index in [2.05, 4.69) is 5.32 Å². The van der Waals surface area contributed by atoms with Crippen LogP contribution >= 0.6 is 23.4 Å². The standard InChI is InChI=1S/C15H13ClN2O4S/c16-12-4-2-1-3-10(12)8-23-9-15(20)17-13-7-11(18(21)22)5-6-14(13)19/h1-7,19H,8-9H2,(H,17,20). The molecule has 0 aromatic heterocycles. The first-order valence-corrected chi connectivity index (χ1v) is 8.09. The maximum atomic E-state index is 11.9. The lowest BCUT2D eigenvalue weighted by molar-refractivity contribution is -0.384. The summed E-state index contributed by atoms with van der Waals surface area (Å²) in [7, 11) is 0.